The van der Waals surface area contributed by atoms with Gasteiger partial charge in [0, 0.05) is 12.0 Å². The molecular weight excluding hydrogens is 575 g/mol. The SMILES string of the molecule is COc1ccc(OC(=O)N(CC(=O)O)[C@@H](C)c2ccc(OCCc3noc(-c4ccc(OC(F)(F)F)cc4)n3)cc2)cc1. The summed E-state index contributed by atoms with van der Waals surface area (Å²) in [5, 5.41) is 13.2. The second kappa shape index (κ2) is 13.6. The Morgan fingerprint density at radius 3 is 2.14 bits per heavy atom. The van der Waals surface area contributed by atoms with Gasteiger partial charge in [-0.1, -0.05) is 17.3 Å². The lowest BCUT2D eigenvalue weighted by Gasteiger charge is -2.27. The maximum Gasteiger partial charge on any atom is 0.573 e. The third-order valence-corrected chi connectivity index (χ3v) is 6.03. The second-order valence-corrected chi connectivity index (χ2v) is 9.00. The van der Waals surface area contributed by atoms with Crippen LogP contribution in [-0.2, 0) is 11.2 Å². The van der Waals surface area contributed by atoms with E-state index in [4.69, 9.17) is 18.7 Å². The fourth-order valence-corrected chi connectivity index (χ4v) is 3.86. The molecule has 1 atom stereocenters. The summed E-state index contributed by atoms with van der Waals surface area (Å²) in [4.78, 5) is 29.6. The Kier molecular flexibility index (Phi) is 9.70. The molecule has 0 spiro atoms. The number of hydrogen-bond donors (Lipinski definition) is 1. The highest BCUT2D eigenvalue weighted by Crippen LogP contribution is 2.27. The lowest BCUT2D eigenvalue weighted by Crippen LogP contribution is -2.39. The molecule has 0 unspecified atom stereocenters. The minimum atomic E-state index is -4.79. The Bertz CT molecular complexity index is 1510. The van der Waals surface area contributed by atoms with Crippen LogP contribution in [0.15, 0.2) is 77.3 Å². The molecule has 3 aromatic carbocycles. The number of hydrogen-bond acceptors (Lipinski definition) is 9. The summed E-state index contributed by atoms with van der Waals surface area (Å²) in [6.07, 6.45) is -5.34. The summed E-state index contributed by atoms with van der Waals surface area (Å²) in [7, 11) is 1.51. The van der Waals surface area contributed by atoms with E-state index in [0.717, 1.165) is 17.0 Å². The van der Waals surface area contributed by atoms with Gasteiger partial charge in [-0.15, -0.1) is 13.2 Å². The normalized spacial score (nSPS) is 11.8. The lowest BCUT2D eigenvalue weighted by atomic mass is 10.1. The largest absolute Gasteiger partial charge is 0.573 e. The number of carboxylic acid groups (broad SMARTS) is 1. The van der Waals surface area contributed by atoms with Crippen molar-refractivity contribution in [3.63, 3.8) is 0 Å². The van der Waals surface area contributed by atoms with E-state index in [9.17, 15) is 27.9 Å². The van der Waals surface area contributed by atoms with E-state index < -0.39 is 31.0 Å². The number of alkyl halides is 3. The molecule has 0 saturated heterocycles. The van der Waals surface area contributed by atoms with Crippen LogP contribution in [0, 0.1) is 0 Å². The summed E-state index contributed by atoms with van der Waals surface area (Å²) in [6, 6.07) is 17.4. The van der Waals surface area contributed by atoms with Gasteiger partial charge < -0.3 is 28.6 Å². The van der Waals surface area contributed by atoms with Gasteiger partial charge in [0.15, 0.2) is 5.82 Å². The molecular formula is C29H26F3N3O8. The Labute approximate surface area is 243 Å². The Hall–Kier alpha value is -5.27. The number of carbonyl (C=O) groups is 2. The van der Waals surface area contributed by atoms with Crippen LogP contribution in [0.3, 0.4) is 0 Å². The van der Waals surface area contributed by atoms with Gasteiger partial charge in [0.05, 0.1) is 19.8 Å². The van der Waals surface area contributed by atoms with Gasteiger partial charge in [0.25, 0.3) is 5.89 Å². The van der Waals surface area contributed by atoms with Gasteiger partial charge in [-0.2, -0.15) is 4.98 Å². The number of aromatic nitrogens is 2. The van der Waals surface area contributed by atoms with Crippen LogP contribution < -0.4 is 18.9 Å². The molecule has 0 radical (unpaired) electrons. The first-order chi connectivity index (χ1) is 20.5. The highest BCUT2D eigenvalue weighted by Gasteiger charge is 2.31. The quantitative estimate of drug-likeness (QED) is 0.209. The number of halogens is 3. The molecule has 0 aliphatic heterocycles. The Morgan fingerprint density at radius 2 is 1.53 bits per heavy atom. The van der Waals surface area contributed by atoms with Crippen LogP contribution in [0.1, 0.15) is 24.4 Å². The number of ether oxygens (including phenoxy) is 4. The molecule has 1 aromatic heterocycles. The summed E-state index contributed by atoms with van der Waals surface area (Å²) >= 11 is 0. The molecule has 0 fully saturated rings. The average Bonchev–Trinajstić information content (AvgIpc) is 3.44. The molecule has 0 aliphatic rings. The van der Waals surface area contributed by atoms with Crippen molar-refractivity contribution in [3.05, 3.63) is 84.2 Å². The number of nitrogens with zero attached hydrogens (tertiary/aromatic N) is 3. The van der Waals surface area contributed by atoms with E-state index in [-0.39, 0.29) is 30.4 Å². The molecule has 0 bridgehead atoms. The van der Waals surface area contributed by atoms with Crippen molar-refractivity contribution >= 4 is 12.1 Å². The van der Waals surface area contributed by atoms with E-state index in [2.05, 4.69) is 14.9 Å². The number of carboxylic acids is 1. The molecule has 1 amide bonds. The second-order valence-electron chi connectivity index (χ2n) is 9.00. The molecule has 226 valence electrons. The van der Waals surface area contributed by atoms with Crippen LogP contribution in [0.2, 0.25) is 0 Å². The van der Waals surface area contributed by atoms with Gasteiger partial charge in [-0.05, 0) is 73.2 Å². The van der Waals surface area contributed by atoms with Crippen molar-refractivity contribution < 1.29 is 51.3 Å². The molecule has 14 heteroatoms. The van der Waals surface area contributed by atoms with E-state index in [0.29, 0.717) is 28.5 Å². The van der Waals surface area contributed by atoms with Crippen LogP contribution in [0.4, 0.5) is 18.0 Å². The molecule has 1 heterocycles. The predicted molar refractivity (Wildman–Crippen MR) is 144 cm³/mol. The number of amides is 1. The molecule has 11 nitrogen and oxygen atoms in total. The first-order valence-corrected chi connectivity index (χ1v) is 12.8. The van der Waals surface area contributed by atoms with Crippen molar-refractivity contribution in [2.45, 2.75) is 25.7 Å². The standard InChI is InChI=1S/C29H26F3N3O8/c1-18(35(17-26(36)37)28(38)41-23-13-11-21(39-2)12-14-23)19-3-7-22(8-4-19)40-16-15-25-33-27(43-34-25)20-5-9-24(10-6-20)42-29(30,31)32/h3-14,18H,15-17H2,1-2H3,(H,36,37)/t18-/m0/s1. The zero-order valence-electron chi connectivity index (χ0n) is 22.9. The topological polar surface area (TPSA) is 133 Å². The maximum atomic E-state index is 12.8. The van der Waals surface area contributed by atoms with Gasteiger partial charge in [0.2, 0.25) is 0 Å². The van der Waals surface area contributed by atoms with Crippen molar-refractivity contribution in [1.29, 1.82) is 0 Å². The fourth-order valence-electron chi connectivity index (χ4n) is 3.86. The zero-order chi connectivity index (χ0) is 31.0. The van der Waals surface area contributed by atoms with Gasteiger partial charge >= 0.3 is 18.4 Å². The smallest absolute Gasteiger partial charge is 0.497 e. The summed E-state index contributed by atoms with van der Waals surface area (Å²) in [5.74, 6) is 0.208. The van der Waals surface area contributed by atoms with Crippen molar-refractivity contribution in [3.8, 4) is 34.5 Å². The van der Waals surface area contributed by atoms with Gasteiger partial charge in [-0.3, -0.25) is 9.69 Å². The van der Waals surface area contributed by atoms with Crippen LogP contribution in [-0.4, -0.2) is 58.8 Å². The zero-order valence-corrected chi connectivity index (χ0v) is 22.9. The Balaban J connectivity index is 1.31. The van der Waals surface area contributed by atoms with E-state index in [1.807, 2.05) is 0 Å². The number of rotatable bonds is 12. The monoisotopic (exact) mass is 601 g/mol. The predicted octanol–water partition coefficient (Wildman–Crippen LogP) is 5.91. The highest BCUT2D eigenvalue weighted by molar-refractivity contribution is 5.78. The lowest BCUT2D eigenvalue weighted by molar-refractivity contribution is -0.274. The third-order valence-electron chi connectivity index (χ3n) is 6.03. The van der Waals surface area contributed by atoms with Gasteiger partial charge in [-0.25, -0.2) is 4.79 Å². The number of aliphatic carboxylic acids is 1. The average molecular weight is 602 g/mol. The minimum Gasteiger partial charge on any atom is -0.497 e. The minimum absolute atomic E-state index is 0.128. The van der Waals surface area contributed by atoms with Crippen LogP contribution >= 0.6 is 0 Å². The van der Waals surface area contributed by atoms with E-state index >= 15 is 0 Å². The highest BCUT2D eigenvalue weighted by atomic mass is 19.4. The van der Waals surface area contributed by atoms with Crippen molar-refractivity contribution in [2.24, 2.45) is 0 Å². The maximum absolute atomic E-state index is 12.8. The first kappa shape index (κ1) is 30.7. The molecule has 4 aromatic rings. The number of carbonyl (C=O) groups excluding carboxylic acids is 1. The van der Waals surface area contributed by atoms with E-state index in [1.54, 1.807) is 43.3 Å². The summed E-state index contributed by atoms with van der Waals surface area (Å²) < 4.78 is 62.2. The molecule has 0 aliphatic carbocycles. The van der Waals surface area contributed by atoms with Gasteiger partial charge in [0.1, 0.15) is 29.5 Å². The summed E-state index contributed by atoms with van der Waals surface area (Å²) in [6.45, 7) is 1.29. The number of benzene rings is 3. The first-order valence-electron chi connectivity index (χ1n) is 12.8. The molecule has 0 saturated carbocycles. The van der Waals surface area contributed by atoms with Crippen LogP contribution in [0.25, 0.3) is 11.5 Å². The fraction of sp³-hybridized carbons (Fsp3) is 0.241. The summed E-state index contributed by atoms with van der Waals surface area (Å²) in [5.41, 5.74) is 1.07. The van der Waals surface area contributed by atoms with Crippen LogP contribution in [0.5, 0.6) is 23.0 Å². The van der Waals surface area contributed by atoms with Crippen molar-refractivity contribution in [1.82, 2.24) is 15.0 Å². The number of methoxy groups -OCH3 is 1. The molecule has 43 heavy (non-hydrogen) atoms. The third kappa shape index (κ3) is 8.86. The van der Waals surface area contributed by atoms with Crippen molar-refractivity contribution in [2.75, 3.05) is 20.3 Å². The molecule has 1 N–H and O–H groups in total. The molecule has 4 rings (SSSR count). The van der Waals surface area contributed by atoms with E-state index in [1.165, 1.54) is 31.4 Å². The Morgan fingerprint density at radius 1 is 0.930 bits per heavy atom.